The SMILES string of the molecule is Cc1cccc(C(=O)Oc2ccc(C3C4=C(CC(C)(C)CC4=O)NC4=C3C(=O)c3ccccc34)cc2)c1. The van der Waals surface area contributed by atoms with Gasteiger partial charge in [-0.3, -0.25) is 9.59 Å². The van der Waals surface area contributed by atoms with E-state index >= 15 is 0 Å². The predicted molar refractivity (Wildman–Crippen MR) is 141 cm³/mol. The Morgan fingerprint density at radius 2 is 1.62 bits per heavy atom. The highest BCUT2D eigenvalue weighted by Gasteiger charge is 2.46. The van der Waals surface area contributed by atoms with Crippen LogP contribution in [0.3, 0.4) is 0 Å². The van der Waals surface area contributed by atoms with Gasteiger partial charge in [-0.2, -0.15) is 0 Å². The molecule has 1 heterocycles. The van der Waals surface area contributed by atoms with E-state index in [1.54, 1.807) is 24.3 Å². The molecule has 1 atom stereocenters. The zero-order valence-corrected chi connectivity index (χ0v) is 21.1. The van der Waals surface area contributed by atoms with Crippen LogP contribution in [-0.2, 0) is 4.79 Å². The van der Waals surface area contributed by atoms with Crippen LogP contribution in [0.2, 0.25) is 0 Å². The van der Waals surface area contributed by atoms with Gasteiger partial charge in [0.1, 0.15) is 5.75 Å². The van der Waals surface area contributed by atoms with E-state index in [9.17, 15) is 14.4 Å². The fraction of sp³-hybridized carbons (Fsp3) is 0.219. The molecule has 3 aliphatic rings. The summed E-state index contributed by atoms with van der Waals surface area (Å²) >= 11 is 0. The monoisotopic (exact) mass is 489 g/mol. The number of allylic oxidation sites excluding steroid dienone is 3. The molecule has 5 nitrogen and oxygen atoms in total. The third-order valence-corrected chi connectivity index (χ3v) is 7.41. The van der Waals surface area contributed by atoms with E-state index in [1.807, 2.05) is 55.5 Å². The lowest BCUT2D eigenvalue weighted by molar-refractivity contribution is -0.118. The number of hydrogen-bond acceptors (Lipinski definition) is 5. The molecule has 1 aliphatic heterocycles. The number of ketones is 2. The van der Waals surface area contributed by atoms with Gasteiger partial charge in [0.2, 0.25) is 0 Å². The Balaban J connectivity index is 1.39. The number of hydrogen-bond donors (Lipinski definition) is 1. The van der Waals surface area contributed by atoms with Gasteiger partial charge in [-0.1, -0.05) is 67.9 Å². The van der Waals surface area contributed by atoms with Crippen LogP contribution in [0.5, 0.6) is 5.75 Å². The van der Waals surface area contributed by atoms with Crippen molar-refractivity contribution in [3.63, 3.8) is 0 Å². The molecule has 5 heteroatoms. The van der Waals surface area contributed by atoms with Gasteiger partial charge >= 0.3 is 5.97 Å². The minimum absolute atomic E-state index is 0.0535. The summed E-state index contributed by atoms with van der Waals surface area (Å²) in [5, 5.41) is 3.50. The maximum atomic E-state index is 13.6. The molecule has 0 radical (unpaired) electrons. The first kappa shape index (κ1) is 23.2. The molecule has 0 spiro atoms. The molecule has 184 valence electrons. The third-order valence-electron chi connectivity index (χ3n) is 7.41. The quantitative estimate of drug-likeness (QED) is 0.353. The lowest BCUT2D eigenvalue weighted by Gasteiger charge is -2.39. The van der Waals surface area contributed by atoms with Gasteiger partial charge in [-0.25, -0.2) is 4.79 Å². The Labute approximate surface area is 215 Å². The van der Waals surface area contributed by atoms with Gasteiger partial charge in [-0.05, 0) is 48.6 Å². The van der Waals surface area contributed by atoms with Gasteiger partial charge in [0.25, 0.3) is 0 Å². The molecule has 2 aliphatic carbocycles. The second-order valence-corrected chi connectivity index (χ2v) is 10.9. The van der Waals surface area contributed by atoms with Gasteiger partial charge in [0, 0.05) is 40.3 Å². The number of rotatable bonds is 3. The summed E-state index contributed by atoms with van der Waals surface area (Å²) in [5.41, 5.74) is 6.62. The zero-order chi connectivity index (χ0) is 25.9. The van der Waals surface area contributed by atoms with Crippen molar-refractivity contribution in [2.45, 2.75) is 39.5 Å². The maximum absolute atomic E-state index is 13.6. The fourth-order valence-corrected chi connectivity index (χ4v) is 5.79. The van der Waals surface area contributed by atoms with E-state index in [-0.39, 0.29) is 17.0 Å². The second-order valence-electron chi connectivity index (χ2n) is 10.9. The zero-order valence-electron chi connectivity index (χ0n) is 21.1. The van der Waals surface area contributed by atoms with Crippen LogP contribution in [-0.4, -0.2) is 17.5 Å². The van der Waals surface area contributed by atoms with Gasteiger partial charge in [0.05, 0.1) is 11.3 Å². The van der Waals surface area contributed by atoms with Crippen LogP contribution in [0.25, 0.3) is 5.70 Å². The molecule has 0 saturated heterocycles. The van der Waals surface area contributed by atoms with Gasteiger partial charge in [-0.15, -0.1) is 0 Å². The van der Waals surface area contributed by atoms with Crippen molar-refractivity contribution in [2.75, 3.05) is 0 Å². The number of ether oxygens (including phenoxy) is 1. The Bertz CT molecular complexity index is 1560. The molecule has 0 bridgehead atoms. The molecule has 1 unspecified atom stereocenters. The van der Waals surface area contributed by atoms with Crippen molar-refractivity contribution in [1.82, 2.24) is 5.32 Å². The number of carbonyl (C=O) groups excluding carboxylic acids is 3. The van der Waals surface area contributed by atoms with E-state index in [4.69, 9.17) is 4.74 Å². The molecule has 0 aromatic heterocycles. The van der Waals surface area contributed by atoms with Crippen LogP contribution in [0.15, 0.2) is 89.6 Å². The van der Waals surface area contributed by atoms with Crippen LogP contribution < -0.4 is 10.1 Å². The highest BCUT2D eigenvalue weighted by Crippen LogP contribution is 2.51. The van der Waals surface area contributed by atoms with Crippen LogP contribution in [0.4, 0.5) is 0 Å². The summed E-state index contributed by atoms with van der Waals surface area (Å²) in [7, 11) is 0. The molecule has 37 heavy (non-hydrogen) atoms. The van der Waals surface area contributed by atoms with Crippen molar-refractivity contribution < 1.29 is 19.1 Å². The molecular formula is C32H27NO4. The highest BCUT2D eigenvalue weighted by atomic mass is 16.5. The average molecular weight is 490 g/mol. The van der Waals surface area contributed by atoms with Gasteiger partial charge < -0.3 is 10.1 Å². The van der Waals surface area contributed by atoms with E-state index in [0.29, 0.717) is 34.4 Å². The average Bonchev–Trinajstić information content (AvgIpc) is 3.14. The number of carbonyl (C=O) groups is 3. The summed E-state index contributed by atoms with van der Waals surface area (Å²) < 4.78 is 5.60. The van der Waals surface area contributed by atoms with Crippen LogP contribution in [0.1, 0.15) is 70.0 Å². The summed E-state index contributed by atoms with van der Waals surface area (Å²) in [6.45, 7) is 6.12. The smallest absolute Gasteiger partial charge is 0.343 e. The minimum Gasteiger partial charge on any atom is -0.423 e. The summed E-state index contributed by atoms with van der Waals surface area (Å²) in [4.78, 5) is 39.7. The first-order valence-electron chi connectivity index (χ1n) is 12.5. The molecule has 3 aromatic rings. The Morgan fingerprint density at radius 3 is 2.35 bits per heavy atom. The van der Waals surface area contributed by atoms with Crippen LogP contribution in [0, 0.1) is 12.3 Å². The second kappa shape index (κ2) is 8.41. The number of dihydropyridines is 1. The summed E-state index contributed by atoms with van der Waals surface area (Å²) in [5.74, 6) is -0.489. The summed E-state index contributed by atoms with van der Waals surface area (Å²) in [6.07, 6.45) is 1.16. The normalized spacial score (nSPS) is 19.7. The topological polar surface area (TPSA) is 72.5 Å². The molecule has 1 N–H and O–H groups in total. The van der Waals surface area contributed by atoms with Crippen molar-refractivity contribution in [3.05, 3.63) is 117 Å². The Kier molecular flexibility index (Phi) is 5.27. The summed E-state index contributed by atoms with van der Waals surface area (Å²) in [6, 6.07) is 22.0. The van der Waals surface area contributed by atoms with Crippen molar-refractivity contribution >= 4 is 23.2 Å². The first-order chi connectivity index (χ1) is 17.7. The number of nitrogens with one attached hydrogen (secondary N) is 1. The van der Waals surface area contributed by atoms with Crippen LogP contribution >= 0.6 is 0 Å². The first-order valence-corrected chi connectivity index (χ1v) is 12.5. The molecular weight excluding hydrogens is 462 g/mol. The Morgan fingerprint density at radius 1 is 0.892 bits per heavy atom. The molecule has 0 amide bonds. The van der Waals surface area contributed by atoms with E-state index in [2.05, 4.69) is 19.2 Å². The standard InChI is InChI=1S/C32H27NO4/c1-18-7-6-8-20(15-18)31(36)37-21-13-11-19(12-14-21)26-27-24(16-32(2,3)17-25(27)34)33-29-22-9-4-5-10-23(22)30(35)28(26)29/h4-15,26,33H,16-17H2,1-3H3. The van der Waals surface area contributed by atoms with Crippen molar-refractivity contribution in [3.8, 4) is 5.75 Å². The number of aryl methyl sites for hydroxylation is 1. The molecule has 3 aromatic carbocycles. The largest absolute Gasteiger partial charge is 0.423 e. The number of fused-ring (bicyclic) bond motifs is 2. The number of esters is 1. The van der Waals surface area contributed by atoms with Gasteiger partial charge in [0.15, 0.2) is 11.6 Å². The minimum atomic E-state index is -0.476. The van der Waals surface area contributed by atoms with E-state index in [1.165, 1.54) is 0 Å². The third kappa shape index (κ3) is 3.91. The van der Waals surface area contributed by atoms with E-state index in [0.717, 1.165) is 34.5 Å². The van der Waals surface area contributed by atoms with Crippen molar-refractivity contribution in [2.24, 2.45) is 5.41 Å². The molecule has 0 fully saturated rings. The lowest BCUT2D eigenvalue weighted by Crippen LogP contribution is -2.37. The number of Topliss-reactive ketones (excluding diaryl/α,β-unsaturated/α-hetero) is 2. The van der Waals surface area contributed by atoms with Crippen molar-refractivity contribution in [1.29, 1.82) is 0 Å². The highest BCUT2D eigenvalue weighted by molar-refractivity contribution is 6.23. The predicted octanol–water partition coefficient (Wildman–Crippen LogP) is 6.15. The van der Waals surface area contributed by atoms with E-state index < -0.39 is 11.9 Å². The maximum Gasteiger partial charge on any atom is 0.343 e. The molecule has 0 saturated carbocycles. The number of benzene rings is 3. The molecule has 6 rings (SSSR count). The lowest BCUT2D eigenvalue weighted by atomic mass is 9.68. The fourth-order valence-electron chi connectivity index (χ4n) is 5.79. The Hall–Kier alpha value is -4.25.